The Morgan fingerprint density at radius 1 is 0.541 bits per heavy atom. The minimum atomic E-state index is -4.35. The Morgan fingerprint density at radius 3 is 1.31 bits per heavy atom. The molecule has 0 spiro atoms. The fourth-order valence-electron chi connectivity index (χ4n) is 12.3. The molecule has 0 saturated carbocycles. The summed E-state index contributed by atoms with van der Waals surface area (Å²) in [6, 6.07) is 19.9. The van der Waals surface area contributed by atoms with Gasteiger partial charge in [0, 0.05) is 43.5 Å². The van der Waals surface area contributed by atoms with E-state index in [0.29, 0.717) is 57.7 Å². The topological polar surface area (TPSA) is 434 Å². The maximum absolute atomic E-state index is 14.8. The second-order valence-electron chi connectivity index (χ2n) is 26.0. The summed E-state index contributed by atoms with van der Waals surface area (Å²) in [4.78, 5) is 103. The van der Waals surface area contributed by atoms with E-state index in [4.69, 9.17) is 26.7 Å². The highest BCUT2D eigenvalue weighted by atomic mass is 32.2. The van der Waals surface area contributed by atoms with Crippen molar-refractivity contribution in [1.82, 2.24) is 36.0 Å². The molecule has 5 amide bonds. The summed E-state index contributed by atoms with van der Waals surface area (Å²) in [5, 5.41) is 31.9. The SMILES string of the molecule is Cc1c(C)c(S(=O)(=O)NC(N)=NCCC[C@H](NC(=O)[C@H](CCCN=C(N)NS(=O)(=O)c2c(C)c(C)c3c(c2C)CC(C)(C)O3)NC(=O)[C@@H](N)CCC(=O)NC(c2ccccc2)(c2ccccc2)c2ccccc2)C(=O)N[C@@H](C)C(=O)N[C@@H](CC(=O)O)C(=O)O)c(C)c2c1OC(C)(C)C2. The van der Waals surface area contributed by atoms with Gasteiger partial charge in [0.2, 0.25) is 41.5 Å². The van der Waals surface area contributed by atoms with Gasteiger partial charge < -0.3 is 63.5 Å². The second-order valence-corrected chi connectivity index (χ2v) is 29.3. The van der Waals surface area contributed by atoms with E-state index in [0.717, 1.165) is 27.8 Å². The molecule has 2 aliphatic rings. The van der Waals surface area contributed by atoms with Gasteiger partial charge in [0.1, 0.15) is 52.4 Å². The van der Waals surface area contributed by atoms with E-state index in [1.54, 1.807) is 41.5 Å². The molecule has 0 saturated heterocycles. The molecule has 0 radical (unpaired) electrons. The predicted octanol–water partition coefficient (Wildman–Crippen LogP) is 4.14. The molecule has 0 aromatic heterocycles. The van der Waals surface area contributed by atoms with Crippen molar-refractivity contribution in [3.05, 3.63) is 152 Å². The normalized spacial score (nSPS) is 15.7. The third kappa shape index (κ3) is 18.1. The number of guanidine groups is 2. The van der Waals surface area contributed by atoms with Crippen molar-refractivity contribution in [2.24, 2.45) is 27.2 Å². The van der Waals surface area contributed by atoms with E-state index in [2.05, 4.69) is 46.0 Å². The van der Waals surface area contributed by atoms with Gasteiger partial charge >= 0.3 is 11.9 Å². The molecule has 15 N–H and O–H groups in total. The molecule has 0 unspecified atom stereocenters. The van der Waals surface area contributed by atoms with Gasteiger partial charge in [-0.05, 0) is 158 Å². The van der Waals surface area contributed by atoms with Gasteiger partial charge in [-0.15, -0.1) is 0 Å². The fraction of sp³-hybridized carbons (Fsp3) is 0.435. The van der Waals surface area contributed by atoms with Crippen LogP contribution in [-0.2, 0) is 72.0 Å². The molecule has 0 aliphatic carbocycles. The van der Waals surface area contributed by atoms with Crippen molar-refractivity contribution < 1.29 is 70.1 Å². The van der Waals surface area contributed by atoms with Crippen LogP contribution >= 0.6 is 0 Å². The molecule has 98 heavy (non-hydrogen) atoms. The number of hydrogen-bond acceptors (Lipinski definition) is 16. The van der Waals surface area contributed by atoms with Crippen LogP contribution in [0, 0.1) is 41.5 Å². The highest BCUT2D eigenvalue weighted by molar-refractivity contribution is 7.90. The lowest BCUT2D eigenvalue weighted by Gasteiger charge is -2.37. The zero-order chi connectivity index (χ0) is 72.4. The van der Waals surface area contributed by atoms with E-state index in [-0.39, 0.29) is 61.4 Å². The smallest absolute Gasteiger partial charge is 0.326 e. The zero-order valence-corrected chi connectivity index (χ0v) is 58.6. The molecular weight excluding hydrogens is 1300 g/mol. The van der Waals surface area contributed by atoms with Crippen LogP contribution in [-0.4, -0.2) is 135 Å². The number of hydrogen-bond donors (Lipinski definition) is 12. The molecule has 5 aromatic carbocycles. The Hall–Kier alpha value is -9.61. The number of ether oxygens (including phenoxy) is 2. The number of aliphatic carboxylic acids is 2. The number of carbonyl (C=O) groups is 7. The van der Waals surface area contributed by atoms with Gasteiger partial charge in [0.25, 0.3) is 20.0 Å². The number of sulfonamides is 2. The number of carboxylic acid groups (broad SMARTS) is 2. The van der Waals surface area contributed by atoms with E-state index < -0.39 is 127 Å². The second kappa shape index (κ2) is 31.3. The number of aliphatic imine (C=N–C) groups is 2. The Kier molecular flexibility index (Phi) is 24.2. The van der Waals surface area contributed by atoms with Crippen molar-refractivity contribution in [2.45, 2.75) is 191 Å². The van der Waals surface area contributed by atoms with Crippen molar-refractivity contribution in [3.8, 4) is 11.5 Å². The van der Waals surface area contributed by atoms with Crippen molar-refractivity contribution in [3.63, 3.8) is 0 Å². The molecule has 5 aromatic rings. The molecule has 528 valence electrons. The van der Waals surface area contributed by atoms with Crippen LogP contribution in [0.3, 0.4) is 0 Å². The summed E-state index contributed by atoms with van der Waals surface area (Å²) in [6.45, 7) is 18.5. The van der Waals surface area contributed by atoms with Gasteiger partial charge in [-0.3, -0.25) is 38.8 Å². The van der Waals surface area contributed by atoms with Gasteiger partial charge in [-0.2, -0.15) is 0 Å². The Bertz CT molecular complexity index is 4050. The molecule has 2 aliphatic heterocycles. The Labute approximate surface area is 571 Å². The van der Waals surface area contributed by atoms with Gasteiger partial charge in [0.15, 0.2) is 0 Å². The molecule has 0 bridgehead atoms. The lowest BCUT2D eigenvalue weighted by Crippen LogP contribution is -2.58. The molecule has 27 nitrogen and oxygen atoms in total. The number of carbonyl (C=O) groups excluding carboxylic acids is 5. The largest absolute Gasteiger partial charge is 0.487 e. The average Bonchev–Trinajstić information content (AvgIpc) is 1.47. The maximum Gasteiger partial charge on any atom is 0.326 e. The van der Waals surface area contributed by atoms with Crippen molar-refractivity contribution >= 4 is 73.4 Å². The van der Waals surface area contributed by atoms with E-state index in [1.165, 1.54) is 6.92 Å². The van der Waals surface area contributed by atoms with Crippen LogP contribution in [0.4, 0.5) is 0 Å². The summed E-state index contributed by atoms with van der Waals surface area (Å²) in [7, 11) is -8.69. The number of nitrogens with two attached hydrogens (primary N) is 3. The van der Waals surface area contributed by atoms with Crippen LogP contribution in [0.25, 0.3) is 0 Å². The van der Waals surface area contributed by atoms with Gasteiger partial charge in [0.05, 0.1) is 22.3 Å². The maximum atomic E-state index is 14.8. The predicted molar refractivity (Wildman–Crippen MR) is 368 cm³/mol. The van der Waals surface area contributed by atoms with Crippen LogP contribution in [0.15, 0.2) is 111 Å². The van der Waals surface area contributed by atoms with Crippen molar-refractivity contribution in [2.75, 3.05) is 13.1 Å². The summed E-state index contributed by atoms with van der Waals surface area (Å²) in [5.74, 6) is -7.49. The molecular formula is C69H90N12O15S2. The number of amides is 5. The van der Waals surface area contributed by atoms with E-state index in [9.17, 15) is 60.6 Å². The van der Waals surface area contributed by atoms with Crippen molar-refractivity contribution in [1.29, 1.82) is 0 Å². The average molecular weight is 1390 g/mol. The number of nitrogens with zero attached hydrogens (tertiary/aromatic N) is 2. The van der Waals surface area contributed by atoms with E-state index >= 15 is 0 Å². The zero-order valence-electron chi connectivity index (χ0n) is 57.0. The fourth-order valence-corrected chi connectivity index (χ4v) is 15.4. The molecule has 7 rings (SSSR count). The number of benzene rings is 5. The van der Waals surface area contributed by atoms with Crippen LogP contribution in [0.1, 0.15) is 141 Å². The first-order valence-corrected chi connectivity index (χ1v) is 35.0. The Morgan fingerprint density at radius 2 is 0.918 bits per heavy atom. The summed E-state index contributed by atoms with van der Waals surface area (Å²) >= 11 is 0. The summed E-state index contributed by atoms with van der Waals surface area (Å²) < 4.78 is 73.2. The molecule has 5 atom stereocenters. The lowest BCUT2D eigenvalue weighted by molar-refractivity contribution is -0.147. The number of carboxylic acids is 2. The molecule has 2 heterocycles. The highest BCUT2D eigenvalue weighted by Gasteiger charge is 2.41. The number of fused-ring (bicyclic) bond motifs is 2. The van der Waals surface area contributed by atoms with Crippen LogP contribution in [0.2, 0.25) is 0 Å². The first kappa shape index (κ1) is 75.8. The monoisotopic (exact) mass is 1390 g/mol. The highest BCUT2D eigenvalue weighted by Crippen LogP contribution is 2.45. The standard InChI is InChI=1S/C69H90N12O15S2/c1-38-40(3)58(42(5)48-36-67(8,9)95-56(38)48)97(91,92)80-65(71)73-33-21-29-51(62(87)75-44(7)60(85)78-53(64(89)90)35-55(83)84)77-63(88)52(30-22-34-74-66(72)81-98(93,94)59-41(4)39(2)57-49(43(59)6)37-68(10,11)96-57)76-61(86)50(70)31-32-54(82)79-69(45-23-15-12-16-24-45,46-25-17-13-18-26-46)47-27-19-14-20-28-47/h12-20,23-28,44,50-53H,21-22,29-37,70H2,1-11H3,(H,75,87)(H,76,86)(H,77,88)(H,78,85)(H,79,82)(H,83,84)(H,89,90)(H3,71,73,80)(H3,72,74,81)/t44-,50-,51-,52-,53-/m0/s1. The minimum Gasteiger partial charge on any atom is -0.487 e. The van der Waals surface area contributed by atoms with Crippen LogP contribution in [0.5, 0.6) is 11.5 Å². The molecule has 0 fully saturated rings. The van der Waals surface area contributed by atoms with Gasteiger partial charge in [-0.25, -0.2) is 31.1 Å². The van der Waals surface area contributed by atoms with Gasteiger partial charge in [-0.1, -0.05) is 91.0 Å². The molecule has 29 heteroatoms. The Balaban J connectivity index is 1.13. The number of rotatable bonds is 30. The lowest BCUT2D eigenvalue weighted by atomic mass is 9.77. The summed E-state index contributed by atoms with van der Waals surface area (Å²) in [5.41, 5.74) is 23.4. The third-order valence-corrected chi connectivity index (χ3v) is 20.7. The minimum absolute atomic E-state index is 0.00444. The first-order valence-electron chi connectivity index (χ1n) is 32.1. The third-order valence-electron chi connectivity index (χ3n) is 17.4. The number of nitrogens with one attached hydrogen (secondary N) is 7. The van der Waals surface area contributed by atoms with Crippen LogP contribution < -0.4 is 62.7 Å². The van der Waals surface area contributed by atoms with E-state index in [1.807, 2.05) is 119 Å². The quantitative estimate of drug-likeness (QED) is 0.0133. The first-order chi connectivity index (χ1) is 45.9. The summed E-state index contributed by atoms with van der Waals surface area (Å²) in [6.07, 6.45) is -1.36.